The number of piperazine rings is 1. The van der Waals surface area contributed by atoms with Gasteiger partial charge in [0.1, 0.15) is 5.35 Å². The Morgan fingerprint density at radius 3 is 2.71 bits per heavy atom. The van der Waals surface area contributed by atoms with Gasteiger partial charge in [0, 0.05) is 49.0 Å². The smallest absolute Gasteiger partial charge is 0.363 e. The molecule has 0 bridgehead atoms. The number of nitrogens with zero attached hydrogens (tertiary/aromatic N) is 4. The summed E-state index contributed by atoms with van der Waals surface area (Å²) in [5.74, 6) is 0.504. The molecule has 2 aliphatic heterocycles. The monoisotopic (exact) mass is 414 g/mol. The molecule has 8 nitrogen and oxygen atoms in total. The number of guanidine groups is 1. The minimum absolute atomic E-state index is 0.390. The maximum absolute atomic E-state index is 12.4. The summed E-state index contributed by atoms with van der Waals surface area (Å²) in [6, 6.07) is 15.4. The van der Waals surface area contributed by atoms with Crippen molar-refractivity contribution in [3.8, 4) is 0 Å². The van der Waals surface area contributed by atoms with Crippen molar-refractivity contribution in [3.05, 3.63) is 80.3 Å². The highest BCUT2D eigenvalue weighted by molar-refractivity contribution is 5.96. The lowest BCUT2D eigenvalue weighted by atomic mass is 10.2. The summed E-state index contributed by atoms with van der Waals surface area (Å²) in [7, 11) is 0. The first kappa shape index (κ1) is 18.9. The molecule has 0 aliphatic carbocycles. The third kappa shape index (κ3) is 3.87. The van der Waals surface area contributed by atoms with Crippen LogP contribution in [0.15, 0.2) is 67.7 Å². The number of hydrogen-bond donors (Lipinski definition) is 2. The van der Waals surface area contributed by atoms with Gasteiger partial charge in [-0.3, -0.25) is 4.99 Å². The molecule has 31 heavy (non-hydrogen) atoms. The fraction of sp³-hybridized carbons (Fsp3) is 0.174. The van der Waals surface area contributed by atoms with Gasteiger partial charge < -0.3 is 24.9 Å². The van der Waals surface area contributed by atoms with Gasteiger partial charge in [-0.2, -0.15) is 0 Å². The third-order valence-corrected chi connectivity index (χ3v) is 5.40. The number of hydrogen-bond acceptors (Lipinski definition) is 5. The molecule has 8 heteroatoms. The van der Waals surface area contributed by atoms with Crippen molar-refractivity contribution in [2.75, 3.05) is 26.2 Å². The number of fused-ring (bicyclic) bond motifs is 1. The Labute approximate surface area is 177 Å². The molecule has 0 radical (unpaired) electrons. The van der Waals surface area contributed by atoms with Gasteiger partial charge in [0.15, 0.2) is 5.96 Å². The summed E-state index contributed by atoms with van der Waals surface area (Å²) in [5.41, 5.74) is 7.93. The van der Waals surface area contributed by atoms with E-state index in [1.807, 2.05) is 65.7 Å². The highest BCUT2D eigenvalue weighted by atomic mass is 16.4. The highest BCUT2D eigenvalue weighted by Gasteiger charge is 2.16. The lowest BCUT2D eigenvalue weighted by molar-refractivity contribution is 0.252. The number of para-hydroxylation sites is 1. The first-order chi connectivity index (χ1) is 15.2. The van der Waals surface area contributed by atoms with Crippen LogP contribution in [-0.4, -0.2) is 53.1 Å². The van der Waals surface area contributed by atoms with Gasteiger partial charge >= 0.3 is 5.63 Å². The maximum Gasteiger partial charge on any atom is 0.363 e. The van der Waals surface area contributed by atoms with Crippen LogP contribution in [0.3, 0.4) is 0 Å². The number of aromatic nitrogens is 1. The average molecular weight is 414 g/mol. The van der Waals surface area contributed by atoms with E-state index >= 15 is 0 Å². The molecule has 3 aromatic rings. The van der Waals surface area contributed by atoms with Crippen molar-refractivity contribution in [1.29, 1.82) is 0 Å². The quantitative estimate of drug-likeness (QED) is 0.476. The predicted octanol–water partition coefficient (Wildman–Crippen LogP) is 0.753. The van der Waals surface area contributed by atoms with Crippen molar-refractivity contribution in [2.45, 2.75) is 0 Å². The normalized spacial score (nSPS) is 17.7. The number of H-pyrrole nitrogens is 1. The maximum atomic E-state index is 12.4. The van der Waals surface area contributed by atoms with Crippen molar-refractivity contribution in [3.63, 3.8) is 0 Å². The van der Waals surface area contributed by atoms with Crippen LogP contribution in [-0.2, 0) is 0 Å². The topological polar surface area (TPSA) is 103 Å². The first-order valence-electron chi connectivity index (χ1n) is 10.1. The summed E-state index contributed by atoms with van der Waals surface area (Å²) in [5, 5.41) is 2.19. The number of aliphatic imine (C=N–C) groups is 2. The number of rotatable bonds is 2. The van der Waals surface area contributed by atoms with E-state index in [1.165, 1.54) is 0 Å². The fourth-order valence-corrected chi connectivity index (χ4v) is 3.75. The van der Waals surface area contributed by atoms with E-state index < -0.39 is 0 Å². The summed E-state index contributed by atoms with van der Waals surface area (Å²) >= 11 is 0. The minimum Gasteiger partial charge on any atom is -0.404 e. The standard InChI is InChI=1S/C23H22N6O2/c24-23(26-16-5-2-1-3-6-16)29-13-11-28(12-14-29)15-20-22(30)31-21(27-20)18-7-4-8-19-17(18)9-10-25-19/h1-10,15,27H,11-14H2,(H2,24,26)/b20-15+,21-18+. The molecule has 0 amide bonds. The van der Waals surface area contributed by atoms with Gasteiger partial charge in [0.25, 0.3) is 0 Å². The second kappa shape index (κ2) is 7.98. The van der Waals surface area contributed by atoms with Gasteiger partial charge in [0.05, 0.1) is 11.4 Å². The third-order valence-electron chi connectivity index (χ3n) is 5.40. The van der Waals surface area contributed by atoms with Gasteiger partial charge in [-0.1, -0.05) is 24.3 Å². The molecule has 2 aromatic carbocycles. The Kier molecular flexibility index (Phi) is 4.87. The van der Waals surface area contributed by atoms with Crippen LogP contribution in [0.2, 0.25) is 0 Å². The Morgan fingerprint density at radius 2 is 1.90 bits per heavy atom. The van der Waals surface area contributed by atoms with E-state index in [4.69, 9.17) is 10.2 Å². The SMILES string of the molecule is NC(=Nc1ccccc1)N1CCN(/C=c2/[nH]/c(=c3/cccc4c3=CC=N4)oc2=O)CC1. The average Bonchev–Trinajstić information content (AvgIpc) is 3.41. The number of nitrogens with two attached hydrogens (primary N) is 1. The number of oxazole rings is 1. The molecule has 3 heterocycles. The fourth-order valence-electron chi connectivity index (χ4n) is 3.75. The lowest BCUT2D eigenvalue weighted by Gasteiger charge is -2.34. The Hall–Kier alpha value is -4.07. The van der Waals surface area contributed by atoms with Crippen LogP contribution in [0, 0.1) is 10.8 Å². The molecule has 0 saturated carbocycles. The van der Waals surface area contributed by atoms with Crippen molar-refractivity contribution < 1.29 is 4.42 Å². The zero-order valence-corrected chi connectivity index (χ0v) is 16.9. The molecule has 1 fully saturated rings. The van der Waals surface area contributed by atoms with Crippen molar-refractivity contribution in [1.82, 2.24) is 14.8 Å². The Balaban J connectivity index is 1.37. The molecule has 2 aliphatic rings. The molecule has 156 valence electrons. The molecular formula is C23H22N6O2. The Morgan fingerprint density at radius 1 is 1.10 bits per heavy atom. The van der Waals surface area contributed by atoms with Crippen LogP contribution >= 0.6 is 0 Å². The van der Waals surface area contributed by atoms with Gasteiger partial charge in [-0.25, -0.2) is 9.79 Å². The summed E-state index contributed by atoms with van der Waals surface area (Å²) in [6.07, 6.45) is 5.48. The molecule has 5 rings (SSSR count). The second-order valence-corrected chi connectivity index (χ2v) is 7.40. The van der Waals surface area contributed by atoms with E-state index in [0.717, 1.165) is 48.0 Å². The molecular weight excluding hydrogens is 392 g/mol. The van der Waals surface area contributed by atoms with E-state index in [2.05, 4.69) is 19.9 Å². The molecule has 0 atom stereocenters. The molecule has 1 saturated heterocycles. The minimum atomic E-state index is -0.390. The largest absolute Gasteiger partial charge is 0.404 e. The van der Waals surface area contributed by atoms with E-state index in [1.54, 1.807) is 6.21 Å². The molecule has 3 N–H and O–H groups in total. The highest BCUT2D eigenvalue weighted by Crippen LogP contribution is 2.11. The van der Waals surface area contributed by atoms with Crippen LogP contribution in [0.4, 0.5) is 11.4 Å². The van der Waals surface area contributed by atoms with Crippen LogP contribution in [0.5, 0.6) is 0 Å². The van der Waals surface area contributed by atoms with Crippen LogP contribution < -0.4 is 21.9 Å². The van der Waals surface area contributed by atoms with E-state index in [-0.39, 0.29) is 5.63 Å². The summed E-state index contributed by atoms with van der Waals surface area (Å²) < 4.78 is 5.50. The van der Waals surface area contributed by atoms with E-state index in [0.29, 0.717) is 16.9 Å². The first-order valence-corrected chi connectivity index (χ1v) is 10.1. The Bertz CT molecular complexity index is 1430. The number of benzene rings is 2. The van der Waals surface area contributed by atoms with Gasteiger partial charge in [-0.15, -0.1) is 0 Å². The predicted molar refractivity (Wildman–Crippen MR) is 121 cm³/mol. The molecule has 0 spiro atoms. The molecule has 0 unspecified atom stereocenters. The zero-order chi connectivity index (χ0) is 21.2. The van der Waals surface area contributed by atoms with Gasteiger partial charge in [0.2, 0.25) is 5.55 Å². The van der Waals surface area contributed by atoms with Crippen LogP contribution in [0.25, 0.3) is 12.3 Å². The lowest BCUT2D eigenvalue weighted by Crippen LogP contribution is -2.50. The second-order valence-electron chi connectivity index (χ2n) is 7.40. The molecule has 1 aromatic heterocycles. The summed E-state index contributed by atoms with van der Waals surface area (Å²) in [6.45, 7) is 2.88. The van der Waals surface area contributed by atoms with Gasteiger partial charge in [-0.05, 0) is 30.3 Å². The summed E-state index contributed by atoms with van der Waals surface area (Å²) in [4.78, 5) is 28.5. The number of aromatic amines is 1. The van der Waals surface area contributed by atoms with Crippen molar-refractivity contribution in [2.24, 2.45) is 15.7 Å². The van der Waals surface area contributed by atoms with Crippen LogP contribution in [0.1, 0.15) is 0 Å². The van der Waals surface area contributed by atoms with E-state index in [9.17, 15) is 4.79 Å². The zero-order valence-electron chi connectivity index (χ0n) is 16.9. The number of nitrogens with one attached hydrogen (secondary N) is 1. The van der Waals surface area contributed by atoms with Crippen molar-refractivity contribution >= 4 is 35.8 Å².